The summed E-state index contributed by atoms with van der Waals surface area (Å²) in [5, 5.41) is 2.13. The fraction of sp³-hybridized carbons (Fsp3) is 0.483. The van der Waals surface area contributed by atoms with Gasteiger partial charge >= 0.3 is 0 Å². The zero-order valence-electron chi connectivity index (χ0n) is 22.1. The molecule has 0 unspecified atom stereocenters. The van der Waals surface area contributed by atoms with Crippen LogP contribution >= 0.6 is 0 Å². The van der Waals surface area contributed by atoms with Gasteiger partial charge in [-0.2, -0.15) is 0 Å². The van der Waals surface area contributed by atoms with E-state index in [0.717, 1.165) is 47.6 Å². The maximum absolute atomic E-state index is 5.90. The molecule has 0 N–H and O–H groups in total. The Labute approximate surface area is 210 Å². The summed E-state index contributed by atoms with van der Waals surface area (Å²) in [5.41, 5.74) is 3.35. The molecule has 3 aromatic rings. The van der Waals surface area contributed by atoms with Gasteiger partial charge in [-0.15, -0.1) is 0 Å². The molecule has 0 amide bonds. The Bertz CT molecular complexity index is 1090. The maximum Gasteiger partial charge on any atom is 0.165 e. The minimum atomic E-state index is 0.678. The Morgan fingerprint density at radius 3 is 2.03 bits per heavy atom. The van der Waals surface area contributed by atoms with Gasteiger partial charge in [0.2, 0.25) is 0 Å². The van der Waals surface area contributed by atoms with Gasteiger partial charge in [-0.05, 0) is 61.1 Å². The number of nitrogens with zero attached hydrogens (tertiary/aromatic N) is 2. The van der Waals surface area contributed by atoms with E-state index in [9.17, 15) is 0 Å². The van der Waals surface area contributed by atoms with Gasteiger partial charge < -0.3 is 18.9 Å². The molecule has 0 bridgehead atoms. The number of pyridine rings is 1. The van der Waals surface area contributed by atoms with Crippen molar-refractivity contribution in [1.82, 2.24) is 9.88 Å². The average molecular weight is 481 g/mol. The Hall–Kier alpha value is -2.99. The summed E-state index contributed by atoms with van der Waals surface area (Å²) in [7, 11) is 6.73. The first-order valence-corrected chi connectivity index (χ1v) is 12.5. The standard InChI is InChI=1S/C29H40N2O4/c1-7-9-15-31(16-10-8-2)20-24-21(11-12-26(32-3)29(24)35-6)17-25-23-19-28(34-5)27(33-4)18-22(23)13-14-30-25/h11-14,18-19H,7-10,15-17,20H2,1-6H3. The molecule has 1 aromatic heterocycles. The molecule has 0 aliphatic carbocycles. The molecule has 0 saturated heterocycles. The van der Waals surface area contributed by atoms with Gasteiger partial charge in [-0.1, -0.05) is 32.8 Å². The van der Waals surface area contributed by atoms with Crippen molar-refractivity contribution >= 4 is 10.8 Å². The predicted octanol–water partition coefficient (Wildman–Crippen LogP) is 6.26. The van der Waals surface area contributed by atoms with E-state index in [2.05, 4.69) is 24.8 Å². The number of benzene rings is 2. The normalized spacial score (nSPS) is 11.2. The molecule has 35 heavy (non-hydrogen) atoms. The Kier molecular flexibility index (Phi) is 10.0. The summed E-state index contributed by atoms with van der Waals surface area (Å²) in [6.45, 7) is 7.44. The van der Waals surface area contributed by atoms with Crippen molar-refractivity contribution in [2.24, 2.45) is 0 Å². The second-order valence-electron chi connectivity index (χ2n) is 8.78. The summed E-state index contributed by atoms with van der Waals surface area (Å²) < 4.78 is 22.6. The molecule has 6 nitrogen and oxygen atoms in total. The van der Waals surface area contributed by atoms with Crippen LogP contribution in [0.1, 0.15) is 56.4 Å². The van der Waals surface area contributed by atoms with E-state index >= 15 is 0 Å². The molecule has 0 saturated carbocycles. The van der Waals surface area contributed by atoms with Gasteiger partial charge in [0, 0.05) is 30.1 Å². The Balaban J connectivity index is 2.07. The highest BCUT2D eigenvalue weighted by Gasteiger charge is 2.20. The molecule has 2 aromatic carbocycles. The lowest BCUT2D eigenvalue weighted by atomic mass is 9.97. The Morgan fingerprint density at radius 2 is 1.43 bits per heavy atom. The molecule has 0 radical (unpaired) electrons. The van der Waals surface area contributed by atoms with E-state index in [-0.39, 0.29) is 0 Å². The third-order valence-corrected chi connectivity index (χ3v) is 6.49. The third-order valence-electron chi connectivity index (χ3n) is 6.49. The molecule has 0 spiro atoms. The number of aromatic nitrogens is 1. The van der Waals surface area contributed by atoms with Crippen LogP contribution in [0.3, 0.4) is 0 Å². The smallest absolute Gasteiger partial charge is 0.165 e. The minimum Gasteiger partial charge on any atom is -0.493 e. The molecular formula is C29H40N2O4. The lowest BCUT2D eigenvalue weighted by Crippen LogP contribution is -2.26. The highest BCUT2D eigenvalue weighted by atomic mass is 16.5. The summed E-state index contributed by atoms with van der Waals surface area (Å²) >= 11 is 0. The van der Waals surface area contributed by atoms with Gasteiger partial charge in [-0.3, -0.25) is 9.88 Å². The number of fused-ring (bicyclic) bond motifs is 1. The van der Waals surface area contributed by atoms with E-state index in [1.165, 1.54) is 36.8 Å². The van der Waals surface area contributed by atoms with E-state index in [4.69, 9.17) is 23.9 Å². The summed E-state index contributed by atoms with van der Waals surface area (Å²) in [6.07, 6.45) is 7.25. The molecule has 6 heteroatoms. The number of ether oxygens (including phenoxy) is 4. The van der Waals surface area contributed by atoms with E-state index in [0.29, 0.717) is 17.9 Å². The topological polar surface area (TPSA) is 53.1 Å². The van der Waals surface area contributed by atoms with Crippen LogP contribution in [0.25, 0.3) is 10.8 Å². The third kappa shape index (κ3) is 6.37. The zero-order valence-corrected chi connectivity index (χ0v) is 22.1. The predicted molar refractivity (Wildman–Crippen MR) is 142 cm³/mol. The summed E-state index contributed by atoms with van der Waals surface area (Å²) in [4.78, 5) is 7.31. The number of rotatable bonds is 14. The van der Waals surface area contributed by atoms with Crippen molar-refractivity contribution in [1.29, 1.82) is 0 Å². The van der Waals surface area contributed by atoms with Crippen molar-refractivity contribution in [3.8, 4) is 23.0 Å². The fourth-order valence-electron chi connectivity index (χ4n) is 4.51. The lowest BCUT2D eigenvalue weighted by Gasteiger charge is -2.25. The van der Waals surface area contributed by atoms with Gasteiger partial charge in [0.05, 0.1) is 34.1 Å². The molecule has 0 aliphatic heterocycles. The van der Waals surface area contributed by atoms with Crippen molar-refractivity contribution in [3.05, 3.63) is 53.3 Å². The molecular weight excluding hydrogens is 440 g/mol. The maximum atomic E-state index is 5.90. The van der Waals surface area contributed by atoms with Crippen LogP contribution in [0, 0.1) is 0 Å². The molecule has 190 valence electrons. The van der Waals surface area contributed by atoms with Crippen molar-refractivity contribution in [3.63, 3.8) is 0 Å². The van der Waals surface area contributed by atoms with Gasteiger partial charge in [0.25, 0.3) is 0 Å². The second kappa shape index (κ2) is 13.2. The van der Waals surface area contributed by atoms with E-state index in [1.807, 2.05) is 30.5 Å². The highest BCUT2D eigenvalue weighted by Crippen LogP contribution is 2.37. The lowest BCUT2D eigenvalue weighted by molar-refractivity contribution is 0.250. The van der Waals surface area contributed by atoms with Crippen molar-refractivity contribution in [2.45, 2.75) is 52.5 Å². The average Bonchev–Trinajstić information content (AvgIpc) is 2.89. The van der Waals surface area contributed by atoms with Crippen LogP contribution in [0.15, 0.2) is 36.5 Å². The van der Waals surface area contributed by atoms with Crippen LogP contribution in [-0.2, 0) is 13.0 Å². The van der Waals surface area contributed by atoms with Gasteiger partial charge in [0.15, 0.2) is 23.0 Å². The quantitative estimate of drug-likeness (QED) is 0.271. The van der Waals surface area contributed by atoms with Crippen LogP contribution in [-0.4, -0.2) is 51.4 Å². The van der Waals surface area contributed by atoms with Gasteiger partial charge in [-0.25, -0.2) is 0 Å². The van der Waals surface area contributed by atoms with Gasteiger partial charge in [0.1, 0.15) is 0 Å². The first-order chi connectivity index (χ1) is 17.1. The Morgan fingerprint density at radius 1 is 0.771 bits per heavy atom. The molecule has 0 atom stereocenters. The first-order valence-electron chi connectivity index (χ1n) is 12.5. The molecule has 1 heterocycles. The van der Waals surface area contributed by atoms with Crippen molar-refractivity contribution < 1.29 is 18.9 Å². The van der Waals surface area contributed by atoms with Crippen LogP contribution in [0.5, 0.6) is 23.0 Å². The number of methoxy groups -OCH3 is 4. The van der Waals surface area contributed by atoms with E-state index < -0.39 is 0 Å². The zero-order chi connectivity index (χ0) is 25.2. The molecule has 3 rings (SSSR count). The number of unbranched alkanes of at least 4 members (excludes halogenated alkanes) is 2. The van der Waals surface area contributed by atoms with Crippen LogP contribution < -0.4 is 18.9 Å². The summed E-state index contributed by atoms with van der Waals surface area (Å²) in [6, 6.07) is 10.2. The molecule has 0 aliphatic rings. The largest absolute Gasteiger partial charge is 0.493 e. The second-order valence-corrected chi connectivity index (χ2v) is 8.78. The van der Waals surface area contributed by atoms with Crippen LogP contribution in [0.4, 0.5) is 0 Å². The highest BCUT2D eigenvalue weighted by molar-refractivity contribution is 5.88. The number of hydrogen-bond donors (Lipinski definition) is 0. The molecule has 0 fully saturated rings. The van der Waals surface area contributed by atoms with Crippen LogP contribution in [0.2, 0.25) is 0 Å². The monoisotopic (exact) mass is 480 g/mol. The summed E-state index contributed by atoms with van der Waals surface area (Å²) in [5.74, 6) is 2.98. The SMILES string of the molecule is CCCCN(CCCC)Cc1c(Cc2nccc3cc(OC)c(OC)cc23)ccc(OC)c1OC. The fourth-order valence-corrected chi connectivity index (χ4v) is 4.51. The first kappa shape index (κ1) is 26.6. The number of hydrogen-bond acceptors (Lipinski definition) is 6. The minimum absolute atomic E-state index is 0.678. The van der Waals surface area contributed by atoms with Crippen molar-refractivity contribution in [2.75, 3.05) is 41.5 Å². The van der Waals surface area contributed by atoms with E-state index in [1.54, 1.807) is 28.4 Å².